The second-order valence-corrected chi connectivity index (χ2v) is 6.11. The first-order valence-electron chi connectivity index (χ1n) is 7.84. The molecule has 4 rings (SSSR count). The number of rotatable bonds is 2. The summed E-state index contributed by atoms with van der Waals surface area (Å²) in [6.45, 7) is 0. The van der Waals surface area contributed by atoms with Crippen LogP contribution in [0, 0.1) is 0 Å². The summed E-state index contributed by atoms with van der Waals surface area (Å²) in [5.74, 6) is 0.699. The maximum absolute atomic E-state index is 6.43. The van der Waals surface area contributed by atoms with E-state index in [0.717, 1.165) is 41.3 Å². The minimum Gasteiger partial charge on any atom is -0.253 e. The molecule has 1 atom stereocenters. The summed E-state index contributed by atoms with van der Waals surface area (Å²) in [4.78, 5) is 14.1. The van der Waals surface area contributed by atoms with E-state index < -0.39 is 0 Å². The molecule has 0 N–H and O–H groups in total. The lowest BCUT2D eigenvalue weighted by Crippen LogP contribution is -2.22. The Morgan fingerprint density at radius 2 is 1.91 bits per heavy atom. The van der Waals surface area contributed by atoms with Crippen LogP contribution in [0.4, 0.5) is 0 Å². The Morgan fingerprint density at radius 1 is 1.04 bits per heavy atom. The maximum Gasteiger partial charge on any atom is 0.174 e. The predicted octanol–water partition coefficient (Wildman–Crippen LogP) is 4.79. The fourth-order valence-electron chi connectivity index (χ4n) is 3.08. The van der Waals surface area contributed by atoms with Gasteiger partial charge in [-0.1, -0.05) is 41.9 Å². The van der Waals surface area contributed by atoms with E-state index >= 15 is 0 Å². The van der Waals surface area contributed by atoms with Crippen molar-refractivity contribution in [2.75, 3.05) is 0 Å². The van der Waals surface area contributed by atoms with Crippen LogP contribution in [-0.2, 0) is 0 Å². The standard InChI is InChI=1S/C19H16ClN3/c20-15-9-3-1-7-13(15)18-14-8-2-4-10-16(14)22-19(23-18)17-11-5-6-12-21-17/h1,3,5-9,11-12,18H,2,4,10H2. The van der Waals surface area contributed by atoms with Crippen LogP contribution in [0.3, 0.4) is 0 Å². The number of benzene rings is 1. The Hall–Kier alpha value is -2.26. The molecule has 2 aliphatic rings. The summed E-state index contributed by atoms with van der Waals surface area (Å²) in [7, 11) is 0. The Morgan fingerprint density at radius 3 is 2.74 bits per heavy atom. The van der Waals surface area contributed by atoms with Gasteiger partial charge in [0.1, 0.15) is 11.7 Å². The van der Waals surface area contributed by atoms with Gasteiger partial charge in [0.15, 0.2) is 5.84 Å². The molecule has 0 radical (unpaired) electrons. The average Bonchev–Trinajstić information content (AvgIpc) is 2.62. The van der Waals surface area contributed by atoms with Crippen molar-refractivity contribution in [3.63, 3.8) is 0 Å². The molecule has 3 nitrogen and oxygen atoms in total. The lowest BCUT2D eigenvalue weighted by molar-refractivity contribution is 0.792. The second kappa shape index (κ2) is 6.09. The molecule has 1 unspecified atom stereocenters. The van der Waals surface area contributed by atoms with Crippen molar-refractivity contribution in [1.29, 1.82) is 0 Å². The monoisotopic (exact) mass is 321 g/mol. The molecule has 0 saturated carbocycles. The van der Waals surface area contributed by atoms with Crippen LogP contribution in [0.25, 0.3) is 0 Å². The third-order valence-electron chi connectivity index (χ3n) is 4.20. The van der Waals surface area contributed by atoms with Crippen molar-refractivity contribution in [3.05, 3.63) is 76.6 Å². The summed E-state index contributed by atoms with van der Waals surface area (Å²) in [6, 6.07) is 13.6. The molecule has 0 fully saturated rings. The topological polar surface area (TPSA) is 37.6 Å². The van der Waals surface area contributed by atoms with Gasteiger partial charge in [-0.3, -0.25) is 9.98 Å². The average molecular weight is 322 g/mol. The predicted molar refractivity (Wildman–Crippen MR) is 94.3 cm³/mol. The van der Waals surface area contributed by atoms with Crippen molar-refractivity contribution >= 4 is 23.1 Å². The van der Waals surface area contributed by atoms with E-state index in [1.165, 1.54) is 5.57 Å². The van der Waals surface area contributed by atoms with E-state index in [-0.39, 0.29) is 6.04 Å². The van der Waals surface area contributed by atoms with Gasteiger partial charge >= 0.3 is 0 Å². The number of aliphatic imine (C=N–C) groups is 2. The van der Waals surface area contributed by atoms with Gasteiger partial charge in [0.05, 0.1) is 0 Å². The zero-order chi connectivity index (χ0) is 15.6. The largest absolute Gasteiger partial charge is 0.253 e. The fraction of sp³-hybridized carbons (Fsp3) is 0.211. The number of fused-ring (bicyclic) bond motifs is 1. The molecular formula is C19H16ClN3. The summed E-state index contributed by atoms with van der Waals surface area (Å²) in [6.07, 6.45) is 7.22. The van der Waals surface area contributed by atoms with E-state index in [4.69, 9.17) is 21.6 Å². The molecule has 1 aliphatic carbocycles. The minimum atomic E-state index is -0.0893. The highest BCUT2D eigenvalue weighted by atomic mass is 35.5. The molecule has 0 saturated heterocycles. The number of hydrogen-bond donors (Lipinski definition) is 0. The number of allylic oxidation sites excluding steroid dienone is 1. The molecule has 1 aromatic heterocycles. The third kappa shape index (κ3) is 2.73. The minimum absolute atomic E-state index is 0.0893. The molecule has 23 heavy (non-hydrogen) atoms. The van der Waals surface area contributed by atoms with Crippen molar-refractivity contribution in [2.24, 2.45) is 9.98 Å². The summed E-state index contributed by atoms with van der Waals surface area (Å²) in [5.41, 5.74) is 4.16. The molecule has 1 aliphatic heterocycles. The fourth-order valence-corrected chi connectivity index (χ4v) is 3.32. The molecule has 2 heterocycles. The maximum atomic E-state index is 6.43. The third-order valence-corrected chi connectivity index (χ3v) is 4.54. The molecule has 114 valence electrons. The first kappa shape index (κ1) is 14.3. The first-order valence-corrected chi connectivity index (χ1v) is 8.22. The molecule has 4 heteroatoms. The lowest BCUT2D eigenvalue weighted by Gasteiger charge is -2.27. The second-order valence-electron chi connectivity index (χ2n) is 5.70. The summed E-state index contributed by atoms with van der Waals surface area (Å²) >= 11 is 6.43. The van der Waals surface area contributed by atoms with Crippen molar-refractivity contribution in [3.8, 4) is 0 Å². The normalized spacial score (nSPS) is 20.2. The highest BCUT2D eigenvalue weighted by molar-refractivity contribution is 6.31. The zero-order valence-electron chi connectivity index (χ0n) is 12.6. The van der Waals surface area contributed by atoms with Gasteiger partial charge in [0.25, 0.3) is 0 Å². The van der Waals surface area contributed by atoms with Gasteiger partial charge in [-0.15, -0.1) is 0 Å². The molecule has 0 amide bonds. The van der Waals surface area contributed by atoms with E-state index in [9.17, 15) is 0 Å². The number of amidine groups is 1. The number of pyridine rings is 1. The number of nitrogens with zero attached hydrogens (tertiary/aromatic N) is 3. The van der Waals surface area contributed by atoms with Gasteiger partial charge < -0.3 is 0 Å². The van der Waals surface area contributed by atoms with Crippen molar-refractivity contribution in [2.45, 2.75) is 25.3 Å². The molecule has 1 aromatic carbocycles. The van der Waals surface area contributed by atoms with E-state index in [1.54, 1.807) is 6.20 Å². The smallest absolute Gasteiger partial charge is 0.174 e. The summed E-state index contributed by atoms with van der Waals surface area (Å²) in [5, 5.41) is 0.745. The number of halogens is 1. The molecule has 0 spiro atoms. The highest BCUT2D eigenvalue weighted by Crippen LogP contribution is 2.37. The van der Waals surface area contributed by atoms with Gasteiger partial charge in [-0.25, -0.2) is 4.99 Å². The lowest BCUT2D eigenvalue weighted by atomic mass is 9.87. The highest BCUT2D eigenvalue weighted by Gasteiger charge is 2.28. The van der Waals surface area contributed by atoms with Crippen LogP contribution in [0.5, 0.6) is 0 Å². The Balaban J connectivity index is 1.86. The van der Waals surface area contributed by atoms with Crippen LogP contribution in [0.1, 0.15) is 36.6 Å². The number of hydrogen-bond acceptors (Lipinski definition) is 3. The van der Waals surface area contributed by atoms with Crippen LogP contribution < -0.4 is 0 Å². The van der Waals surface area contributed by atoms with E-state index in [0.29, 0.717) is 5.84 Å². The van der Waals surface area contributed by atoms with Crippen LogP contribution in [0.15, 0.2) is 70.3 Å². The van der Waals surface area contributed by atoms with E-state index in [2.05, 4.69) is 11.1 Å². The van der Waals surface area contributed by atoms with Crippen LogP contribution in [-0.4, -0.2) is 16.5 Å². The molecule has 0 bridgehead atoms. The number of aromatic nitrogens is 1. The van der Waals surface area contributed by atoms with Gasteiger partial charge in [0.2, 0.25) is 0 Å². The Bertz CT molecular complexity index is 822. The van der Waals surface area contributed by atoms with Crippen LogP contribution in [0.2, 0.25) is 5.02 Å². The molecule has 2 aromatic rings. The summed E-state index contributed by atoms with van der Waals surface area (Å²) < 4.78 is 0. The Labute approximate surface area is 140 Å². The van der Waals surface area contributed by atoms with Crippen molar-refractivity contribution in [1.82, 2.24) is 4.98 Å². The Kier molecular flexibility index (Phi) is 3.80. The van der Waals surface area contributed by atoms with Gasteiger partial charge in [-0.2, -0.15) is 0 Å². The van der Waals surface area contributed by atoms with Gasteiger partial charge in [0, 0.05) is 16.9 Å². The molecular weight excluding hydrogens is 306 g/mol. The van der Waals surface area contributed by atoms with Gasteiger partial charge in [-0.05, 0) is 48.6 Å². The zero-order valence-corrected chi connectivity index (χ0v) is 13.4. The van der Waals surface area contributed by atoms with Crippen molar-refractivity contribution < 1.29 is 0 Å². The van der Waals surface area contributed by atoms with Crippen LogP contribution >= 0.6 is 11.6 Å². The quantitative estimate of drug-likeness (QED) is 0.783. The first-order chi connectivity index (χ1) is 11.3. The SMILES string of the molecule is Clc1ccccc1C1N=C(c2ccccn2)N=C2CCCC=C21. The van der Waals surface area contributed by atoms with E-state index in [1.807, 2.05) is 42.5 Å².